The second kappa shape index (κ2) is 5.94. The Kier molecular flexibility index (Phi) is 4.60. The van der Waals surface area contributed by atoms with Crippen molar-refractivity contribution in [1.82, 2.24) is 9.62 Å². The number of likely N-dealkylation sites (tertiary alicyclic amines) is 1. The van der Waals surface area contributed by atoms with Crippen LogP contribution in [0.25, 0.3) is 0 Å². The number of rotatable bonds is 4. The SMILES string of the molecule is Cc1cc(S(=O)(=O)NCC2(C)CCN(C)CC2)ccc1N. The van der Waals surface area contributed by atoms with Crippen molar-refractivity contribution in [1.29, 1.82) is 0 Å². The Morgan fingerprint density at radius 1 is 1.33 bits per heavy atom. The lowest BCUT2D eigenvalue weighted by molar-refractivity contribution is 0.143. The van der Waals surface area contributed by atoms with Gasteiger partial charge in [-0.05, 0) is 69.1 Å². The van der Waals surface area contributed by atoms with Crippen LogP contribution in [0.15, 0.2) is 23.1 Å². The molecule has 1 heterocycles. The minimum atomic E-state index is -3.47. The average Bonchev–Trinajstić information content (AvgIpc) is 2.43. The second-order valence-corrected chi connectivity index (χ2v) is 8.22. The van der Waals surface area contributed by atoms with Gasteiger partial charge in [0.25, 0.3) is 0 Å². The normalized spacial score (nSPS) is 19.6. The third kappa shape index (κ3) is 3.96. The van der Waals surface area contributed by atoms with Gasteiger partial charge in [0.05, 0.1) is 4.90 Å². The quantitative estimate of drug-likeness (QED) is 0.828. The van der Waals surface area contributed by atoms with Gasteiger partial charge in [0.2, 0.25) is 10.0 Å². The predicted octanol–water partition coefficient (Wildman–Crippen LogP) is 1.59. The van der Waals surface area contributed by atoms with Crippen LogP contribution in [0.3, 0.4) is 0 Å². The summed E-state index contributed by atoms with van der Waals surface area (Å²) in [5.74, 6) is 0. The topological polar surface area (TPSA) is 75.4 Å². The minimum Gasteiger partial charge on any atom is -0.399 e. The zero-order valence-corrected chi connectivity index (χ0v) is 13.8. The molecule has 0 atom stereocenters. The number of nitrogens with one attached hydrogen (secondary N) is 1. The fourth-order valence-electron chi connectivity index (χ4n) is 2.50. The van der Waals surface area contributed by atoms with Gasteiger partial charge in [0.15, 0.2) is 0 Å². The third-order valence-electron chi connectivity index (χ3n) is 4.43. The molecule has 0 aliphatic carbocycles. The van der Waals surface area contributed by atoms with Gasteiger partial charge in [0, 0.05) is 12.2 Å². The van der Waals surface area contributed by atoms with Gasteiger partial charge >= 0.3 is 0 Å². The molecule has 118 valence electrons. The van der Waals surface area contributed by atoms with Gasteiger partial charge in [-0.1, -0.05) is 6.92 Å². The lowest BCUT2D eigenvalue weighted by atomic mass is 9.81. The van der Waals surface area contributed by atoms with Crippen molar-refractivity contribution in [3.05, 3.63) is 23.8 Å². The van der Waals surface area contributed by atoms with Gasteiger partial charge < -0.3 is 10.6 Å². The number of aryl methyl sites for hydroxylation is 1. The average molecular weight is 311 g/mol. The number of hydrogen-bond donors (Lipinski definition) is 2. The van der Waals surface area contributed by atoms with Gasteiger partial charge in [-0.2, -0.15) is 0 Å². The molecule has 0 spiro atoms. The molecule has 5 nitrogen and oxygen atoms in total. The van der Waals surface area contributed by atoms with Crippen molar-refractivity contribution < 1.29 is 8.42 Å². The fraction of sp³-hybridized carbons (Fsp3) is 0.600. The van der Waals surface area contributed by atoms with Gasteiger partial charge in [-0.15, -0.1) is 0 Å². The molecule has 0 aromatic heterocycles. The molecule has 1 saturated heterocycles. The number of nitrogens with zero attached hydrogens (tertiary/aromatic N) is 1. The van der Waals surface area contributed by atoms with E-state index in [0.717, 1.165) is 31.5 Å². The molecule has 0 saturated carbocycles. The third-order valence-corrected chi connectivity index (χ3v) is 5.83. The van der Waals surface area contributed by atoms with E-state index in [1.165, 1.54) is 0 Å². The summed E-state index contributed by atoms with van der Waals surface area (Å²) >= 11 is 0. The molecule has 0 unspecified atom stereocenters. The Balaban J connectivity index is 2.06. The number of nitrogen functional groups attached to an aromatic ring is 1. The lowest BCUT2D eigenvalue weighted by Crippen LogP contribution is -2.43. The molecule has 6 heteroatoms. The van der Waals surface area contributed by atoms with Crippen LogP contribution in [0.4, 0.5) is 5.69 Å². The minimum absolute atomic E-state index is 0.0302. The molecule has 1 fully saturated rings. The van der Waals surface area contributed by atoms with E-state index in [1.54, 1.807) is 18.2 Å². The Bertz CT molecular complexity index is 605. The Labute approximate surface area is 127 Å². The van der Waals surface area contributed by atoms with E-state index >= 15 is 0 Å². The number of hydrogen-bond acceptors (Lipinski definition) is 4. The van der Waals surface area contributed by atoms with Crippen molar-refractivity contribution in [3.63, 3.8) is 0 Å². The highest BCUT2D eigenvalue weighted by Gasteiger charge is 2.30. The number of sulfonamides is 1. The van der Waals surface area contributed by atoms with E-state index in [9.17, 15) is 8.42 Å². The molecular formula is C15H25N3O2S. The molecule has 1 aromatic carbocycles. The summed E-state index contributed by atoms with van der Waals surface area (Å²) in [5, 5.41) is 0. The van der Waals surface area contributed by atoms with Crippen molar-refractivity contribution in [2.75, 3.05) is 32.4 Å². The van der Waals surface area contributed by atoms with Crippen LogP contribution in [-0.2, 0) is 10.0 Å². The Morgan fingerprint density at radius 3 is 2.52 bits per heavy atom. The molecule has 0 radical (unpaired) electrons. The molecule has 21 heavy (non-hydrogen) atoms. The van der Waals surface area contributed by atoms with E-state index in [0.29, 0.717) is 12.2 Å². The van der Waals surface area contributed by atoms with Gasteiger partial charge in [-0.3, -0.25) is 0 Å². The van der Waals surface area contributed by atoms with Crippen LogP contribution in [-0.4, -0.2) is 40.0 Å². The highest BCUT2D eigenvalue weighted by molar-refractivity contribution is 7.89. The smallest absolute Gasteiger partial charge is 0.240 e. The maximum absolute atomic E-state index is 12.4. The predicted molar refractivity (Wildman–Crippen MR) is 85.6 cm³/mol. The molecule has 0 bridgehead atoms. The van der Waals surface area contributed by atoms with Crippen molar-refractivity contribution in [2.24, 2.45) is 5.41 Å². The highest BCUT2D eigenvalue weighted by atomic mass is 32.2. The maximum atomic E-state index is 12.4. The van der Waals surface area contributed by atoms with Crippen LogP contribution < -0.4 is 10.5 Å². The van der Waals surface area contributed by atoms with Crippen molar-refractivity contribution in [2.45, 2.75) is 31.6 Å². The summed E-state index contributed by atoms with van der Waals surface area (Å²) in [5.41, 5.74) is 7.16. The Morgan fingerprint density at radius 2 is 1.95 bits per heavy atom. The molecule has 0 amide bonds. The fourth-order valence-corrected chi connectivity index (χ4v) is 3.79. The second-order valence-electron chi connectivity index (χ2n) is 6.46. The van der Waals surface area contributed by atoms with E-state index in [1.807, 2.05) is 6.92 Å². The number of piperidine rings is 1. The molecular weight excluding hydrogens is 286 g/mol. The Hall–Kier alpha value is -1.11. The zero-order valence-electron chi connectivity index (χ0n) is 13.0. The van der Waals surface area contributed by atoms with E-state index in [4.69, 9.17) is 5.73 Å². The van der Waals surface area contributed by atoms with E-state index in [-0.39, 0.29) is 10.3 Å². The monoisotopic (exact) mass is 311 g/mol. The first-order chi connectivity index (χ1) is 9.72. The first kappa shape index (κ1) is 16.3. The summed E-state index contributed by atoms with van der Waals surface area (Å²) in [6.45, 7) is 6.47. The highest BCUT2D eigenvalue weighted by Crippen LogP contribution is 2.30. The molecule has 1 aromatic rings. The van der Waals surface area contributed by atoms with Crippen LogP contribution >= 0.6 is 0 Å². The summed E-state index contributed by atoms with van der Waals surface area (Å²) in [6.07, 6.45) is 2.01. The lowest BCUT2D eigenvalue weighted by Gasteiger charge is -2.37. The summed E-state index contributed by atoms with van der Waals surface area (Å²) in [4.78, 5) is 2.56. The first-order valence-electron chi connectivity index (χ1n) is 7.26. The van der Waals surface area contributed by atoms with Gasteiger partial charge in [-0.25, -0.2) is 13.1 Å². The number of anilines is 1. The number of benzene rings is 1. The molecule has 3 N–H and O–H groups in total. The van der Waals surface area contributed by atoms with E-state index in [2.05, 4.69) is 23.6 Å². The summed E-state index contributed by atoms with van der Waals surface area (Å²) < 4.78 is 27.5. The largest absolute Gasteiger partial charge is 0.399 e. The maximum Gasteiger partial charge on any atom is 0.240 e. The molecule has 1 aliphatic rings. The summed E-state index contributed by atoms with van der Waals surface area (Å²) in [7, 11) is -1.37. The van der Waals surface area contributed by atoms with E-state index < -0.39 is 10.0 Å². The van der Waals surface area contributed by atoms with Crippen LogP contribution in [0.1, 0.15) is 25.3 Å². The molecule has 2 rings (SSSR count). The van der Waals surface area contributed by atoms with Gasteiger partial charge in [0.1, 0.15) is 0 Å². The first-order valence-corrected chi connectivity index (χ1v) is 8.75. The van der Waals surface area contributed by atoms with Crippen molar-refractivity contribution in [3.8, 4) is 0 Å². The van der Waals surface area contributed by atoms with Crippen LogP contribution in [0.5, 0.6) is 0 Å². The standard InChI is InChI=1S/C15H25N3O2S/c1-12-10-13(4-5-14(12)16)21(19,20)17-11-15(2)6-8-18(3)9-7-15/h4-5,10,17H,6-9,11,16H2,1-3H3. The van der Waals surface area contributed by atoms with Crippen molar-refractivity contribution >= 4 is 15.7 Å². The summed E-state index contributed by atoms with van der Waals surface area (Å²) in [6, 6.07) is 4.82. The molecule has 1 aliphatic heterocycles. The van der Waals surface area contributed by atoms with Crippen LogP contribution in [0, 0.1) is 12.3 Å². The van der Waals surface area contributed by atoms with Crippen LogP contribution in [0.2, 0.25) is 0 Å². The zero-order chi connectivity index (χ0) is 15.7. The number of nitrogens with two attached hydrogens (primary N) is 1.